The van der Waals surface area contributed by atoms with Crippen LogP contribution in [0.3, 0.4) is 0 Å². The first-order chi connectivity index (χ1) is 15.8. The predicted molar refractivity (Wildman–Crippen MR) is 147 cm³/mol. The maximum absolute atomic E-state index is 13.3. The van der Waals surface area contributed by atoms with Crippen molar-refractivity contribution in [3.63, 3.8) is 0 Å². The number of nitrogens with zero attached hydrogens (tertiary/aromatic N) is 3. The second kappa shape index (κ2) is 12.9. The van der Waals surface area contributed by atoms with Crippen LogP contribution in [0.15, 0.2) is 52.3 Å². The lowest BCUT2D eigenvalue weighted by molar-refractivity contribution is -0.118. The van der Waals surface area contributed by atoms with Gasteiger partial charge in [-0.3, -0.25) is 9.69 Å². The number of rotatable bonds is 11. The summed E-state index contributed by atoms with van der Waals surface area (Å²) in [6.45, 7) is 9.04. The number of carbonyl (C=O) groups is 1. The number of benzene rings is 2. The second-order valence-corrected chi connectivity index (χ2v) is 11.7. The topological polar surface area (TPSA) is 70.6 Å². The van der Waals surface area contributed by atoms with Gasteiger partial charge in [-0.25, -0.2) is 13.4 Å². The molecule has 0 aliphatic heterocycles. The highest BCUT2D eigenvalue weighted by Gasteiger charge is 2.24. The Morgan fingerprint density at radius 2 is 1.74 bits per heavy atom. The zero-order valence-electron chi connectivity index (χ0n) is 20.0. The number of aryl methyl sites for hydroxylation is 1. The van der Waals surface area contributed by atoms with Crippen molar-refractivity contribution >= 4 is 66.6 Å². The first-order valence-electron chi connectivity index (χ1n) is 11.0. The number of anilines is 1. The number of para-hydroxylation sites is 1. The third-order valence-corrected chi connectivity index (χ3v) is 9.17. The van der Waals surface area contributed by atoms with E-state index in [-0.39, 0.29) is 35.4 Å². The van der Waals surface area contributed by atoms with Crippen molar-refractivity contribution in [2.45, 2.75) is 37.0 Å². The minimum Gasteiger partial charge on any atom is -0.302 e. The largest absolute Gasteiger partial charge is 0.302 e. The normalized spacial score (nSPS) is 11.6. The molecule has 3 aromatic rings. The lowest BCUT2D eigenvalue weighted by atomic mass is 10.2. The molecule has 0 bridgehead atoms. The van der Waals surface area contributed by atoms with Crippen LogP contribution in [0.5, 0.6) is 0 Å². The summed E-state index contributed by atoms with van der Waals surface area (Å²) in [5.74, 6) is -0.444. The minimum atomic E-state index is -3.54. The van der Waals surface area contributed by atoms with Crippen LogP contribution in [0.25, 0.3) is 10.2 Å². The van der Waals surface area contributed by atoms with Crippen molar-refractivity contribution in [1.82, 2.24) is 9.88 Å². The molecule has 0 saturated carbocycles. The minimum absolute atomic E-state index is 0. The number of sulfone groups is 1. The molecule has 0 unspecified atom stereocenters. The molecule has 1 amide bonds. The van der Waals surface area contributed by atoms with Gasteiger partial charge in [0.1, 0.15) is 0 Å². The van der Waals surface area contributed by atoms with E-state index in [1.807, 2.05) is 31.4 Å². The SMILES string of the molecule is CCN(CC)CCN(C(=O)CCS(=O)(=O)c1ccc(C)cc1)c1nc2c(SC)cccc2s1.Cl. The molecule has 0 radical (unpaired) electrons. The summed E-state index contributed by atoms with van der Waals surface area (Å²) in [6, 6.07) is 12.8. The Hall–Kier alpha value is -1.65. The fourth-order valence-corrected chi connectivity index (χ4v) is 6.41. The molecule has 34 heavy (non-hydrogen) atoms. The number of fused-ring (bicyclic) bond motifs is 1. The van der Waals surface area contributed by atoms with Crippen molar-refractivity contribution in [2.75, 3.05) is 43.1 Å². The first kappa shape index (κ1) is 28.6. The Labute approximate surface area is 217 Å². The van der Waals surface area contributed by atoms with Crippen LogP contribution in [0.2, 0.25) is 0 Å². The number of thioether (sulfide) groups is 1. The number of hydrogen-bond donors (Lipinski definition) is 0. The molecule has 0 spiro atoms. The van der Waals surface area contributed by atoms with Crippen molar-refractivity contribution in [3.8, 4) is 0 Å². The molecule has 0 saturated heterocycles. The van der Waals surface area contributed by atoms with Crippen molar-refractivity contribution in [3.05, 3.63) is 48.0 Å². The monoisotopic (exact) mass is 541 g/mol. The van der Waals surface area contributed by atoms with Gasteiger partial charge in [-0.15, -0.1) is 24.2 Å². The summed E-state index contributed by atoms with van der Waals surface area (Å²) in [7, 11) is -3.54. The Balaban J connectivity index is 0.00000408. The van der Waals surface area contributed by atoms with Gasteiger partial charge in [0.05, 0.1) is 20.9 Å². The van der Waals surface area contributed by atoms with Crippen LogP contribution in [-0.4, -0.2) is 62.4 Å². The number of aromatic nitrogens is 1. The van der Waals surface area contributed by atoms with E-state index < -0.39 is 9.84 Å². The van der Waals surface area contributed by atoms with E-state index in [2.05, 4.69) is 18.7 Å². The molecule has 10 heteroatoms. The highest BCUT2D eigenvalue weighted by molar-refractivity contribution is 7.98. The standard InChI is InChI=1S/C24H31N3O3S3.ClH/c1-5-26(6-2)15-16-27(24-25-23-20(31-4)8-7-9-21(23)32-24)22(28)14-17-33(29,30)19-12-10-18(3)11-13-19;/h7-13H,5-6,14-17H2,1-4H3;1H. The second-order valence-electron chi connectivity index (χ2n) is 7.76. The molecule has 0 fully saturated rings. The number of thiazole rings is 1. The first-order valence-corrected chi connectivity index (χ1v) is 14.7. The van der Waals surface area contributed by atoms with Crippen LogP contribution >= 0.6 is 35.5 Å². The maximum atomic E-state index is 13.3. The van der Waals surface area contributed by atoms with E-state index in [1.165, 1.54) is 11.3 Å². The number of hydrogen-bond acceptors (Lipinski definition) is 7. The fraction of sp³-hybridized carbons (Fsp3) is 0.417. The highest BCUT2D eigenvalue weighted by Crippen LogP contribution is 2.34. The molecule has 186 valence electrons. The van der Waals surface area contributed by atoms with E-state index in [0.29, 0.717) is 18.2 Å². The van der Waals surface area contributed by atoms with E-state index in [1.54, 1.807) is 40.9 Å². The molecular weight excluding hydrogens is 510 g/mol. The van der Waals surface area contributed by atoms with Gasteiger partial charge in [0.15, 0.2) is 15.0 Å². The van der Waals surface area contributed by atoms with Gasteiger partial charge < -0.3 is 4.90 Å². The van der Waals surface area contributed by atoms with E-state index >= 15 is 0 Å². The molecular formula is C24H32ClN3O3S3. The van der Waals surface area contributed by atoms with Gasteiger partial charge in [0.25, 0.3) is 0 Å². The van der Waals surface area contributed by atoms with Gasteiger partial charge in [0.2, 0.25) is 5.91 Å². The smallest absolute Gasteiger partial charge is 0.229 e. The van der Waals surface area contributed by atoms with Gasteiger partial charge in [-0.1, -0.05) is 48.9 Å². The lowest BCUT2D eigenvalue weighted by Crippen LogP contribution is -2.39. The fourth-order valence-electron chi connectivity index (χ4n) is 3.52. The van der Waals surface area contributed by atoms with Gasteiger partial charge in [-0.05, 0) is 50.5 Å². The van der Waals surface area contributed by atoms with Crippen LogP contribution in [0, 0.1) is 6.92 Å². The number of carbonyl (C=O) groups excluding carboxylic acids is 1. The highest BCUT2D eigenvalue weighted by atomic mass is 35.5. The Morgan fingerprint density at radius 3 is 2.35 bits per heavy atom. The summed E-state index contributed by atoms with van der Waals surface area (Å²) in [5, 5.41) is 0.622. The Morgan fingerprint density at radius 1 is 1.06 bits per heavy atom. The molecule has 0 aliphatic carbocycles. The molecule has 3 rings (SSSR count). The van der Waals surface area contributed by atoms with E-state index in [4.69, 9.17) is 4.98 Å². The van der Waals surface area contributed by atoms with Gasteiger partial charge in [0, 0.05) is 24.4 Å². The lowest BCUT2D eigenvalue weighted by Gasteiger charge is -2.24. The third-order valence-electron chi connectivity index (χ3n) is 5.62. The van der Waals surface area contributed by atoms with Crippen LogP contribution < -0.4 is 4.90 Å². The van der Waals surface area contributed by atoms with Gasteiger partial charge in [-0.2, -0.15) is 0 Å². The van der Waals surface area contributed by atoms with Crippen LogP contribution in [0.1, 0.15) is 25.8 Å². The molecule has 0 atom stereocenters. The molecule has 0 N–H and O–H groups in total. The van der Waals surface area contributed by atoms with Crippen molar-refractivity contribution in [2.24, 2.45) is 0 Å². The Kier molecular flexibility index (Phi) is 10.8. The summed E-state index contributed by atoms with van der Waals surface area (Å²) in [4.78, 5) is 23.3. The van der Waals surface area contributed by atoms with E-state index in [0.717, 1.165) is 33.8 Å². The zero-order chi connectivity index (χ0) is 24.0. The van der Waals surface area contributed by atoms with Gasteiger partial charge >= 0.3 is 0 Å². The quantitative estimate of drug-likeness (QED) is 0.307. The maximum Gasteiger partial charge on any atom is 0.229 e. The number of likely N-dealkylation sites (N-methyl/N-ethyl adjacent to an activating group) is 1. The predicted octanol–water partition coefficient (Wildman–Crippen LogP) is 5.29. The summed E-state index contributed by atoms with van der Waals surface area (Å²) < 4.78 is 26.6. The molecule has 1 heterocycles. The third kappa shape index (κ3) is 6.95. The van der Waals surface area contributed by atoms with Crippen molar-refractivity contribution in [1.29, 1.82) is 0 Å². The average molecular weight is 542 g/mol. The summed E-state index contributed by atoms with van der Waals surface area (Å²) >= 11 is 3.10. The molecule has 1 aromatic heterocycles. The van der Waals surface area contributed by atoms with Crippen molar-refractivity contribution < 1.29 is 13.2 Å². The number of amides is 1. The molecule has 6 nitrogen and oxygen atoms in total. The van der Waals surface area contributed by atoms with E-state index in [9.17, 15) is 13.2 Å². The summed E-state index contributed by atoms with van der Waals surface area (Å²) in [6.07, 6.45) is 1.92. The summed E-state index contributed by atoms with van der Waals surface area (Å²) in [5.41, 5.74) is 1.88. The molecule has 0 aliphatic rings. The average Bonchev–Trinajstić information content (AvgIpc) is 3.24. The van der Waals surface area contributed by atoms with Crippen LogP contribution in [-0.2, 0) is 14.6 Å². The zero-order valence-corrected chi connectivity index (χ0v) is 23.2. The Bertz CT molecular complexity index is 1190. The van der Waals surface area contributed by atoms with Crippen LogP contribution in [0.4, 0.5) is 5.13 Å². The molecule has 2 aromatic carbocycles. The number of halogens is 1.